The van der Waals surface area contributed by atoms with Crippen LogP contribution in [0.25, 0.3) is 66.8 Å². The van der Waals surface area contributed by atoms with Gasteiger partial charge in [0.05, 0.1) is 11.1 Å². The number of fused-ring (bicyclic) bond motifs is 16. The molecular weight excluding hydrogens is 915 g/mol. The summed E-state index contributed by atoms with van der Waals surface area (Å²) in [7, 11) is 0. The first-order valence-electron chi connectivity index (χ1n) is 27.5. The van der Waals surface area contributed by atoms with Crippen LogP contribution in [0, 0.1) is 0 Å². The summed E-state index contributed by atoms with van der Waals surface area (Å²) in [5.74, 6) is 0. The first-order chi connectivity index (χ1) is 36.5. The summed E-state index contributed by atoms with van der Waals surface area (Å²) in [5, 5.41) is 0. The maximum Gasteiger partial charge on any atom is 0.0725 e. The number of anilines is 3. The van der Waals surface area contributed by atoms with Gasteiger partial charge < -0.3 is 4.90 Å². The first kappa shape index (κ1) is 46.5. The summed E-state index contributed by atoms with van der Waals surface area (Å²) in [6, 6.07) is 82.0. The molecule has 0 radical (unpaired) electrons. The highest BCUT2D eigenvalue weighted by Crippen LogP contribution is 2.64. The summed E-state index contributed by atoms with van der Waals surface area (Å²) in [5.41, 5.74) is 31.8. The van der Waals surface area contributed by atoms with Crippen molar-refractivity contribution < 1.29 is 0 Å². The lowest BCUT2D eigenvalue weighted by Gasteiger charge is -2.33. The molecule has 0 N–H and O–H groups in total. The summed E-state index contributed by atoms with van der Waals surface area (Å²) in [4.78, 5) is 2.55. The Morgan fingerprint density at radius 3 is 1.41 bits per heavy atom. The molecule has 0 saturated carbocycles. The highest BCUT2D eigenvalue weighted by atomic mass is 15.1. The Morgan fingerprint density at radius 1 is 0.289 bits per heavy atom. The van der Waals surface area contributed by atoms with Crippen molar-refractivity contribution in [3.05, 3.63) is 268 Å². The number of benzene rings is 10. The van der Waals surface area contributed by atoms with Crippen molar-refractivity contribution in [1.29, 1.82) is 0 Å². The van der Waals surface area contributed by atoms with E-state index in [-0.39, 0.29) is 21.7 Å². The molecule has 10 aromatic carbocycles. The van der Waals surface area contributed by atoms with Gasteiger partial charge >= 0.3 is 0 Å². The fourth-order valence-electron chi connectivity index (χ4n) is 14.3. The van der Waals surface area contributed by atoms with Gasteiger partial charge in [-0.3, -0.25) is 0 Å². The Kier molecular flexibility index (Phi) is 9.80. The van der Waals surface area contributed by atoms with E-state index in [1.165, 1.54) is 122 Å². The van der Waals surface area contributed by atoms with Crippen LogP contribution >= 0.6 is 0 Å². The van der Waals surface area contributed by atoms with Gasteiger partial charge in [-0.05, 0) is 164 Å². The summed E-state index contributed by atoms with van der Waals surface area (Å²) in [6.07, 6.45) is 0. The van der Waals surface area contributed by atoms with Crippen molar-refractivity contribution in [1.82, 2.24) is 0 Å². The minimum atomic E-state index is -0.494. The summed E-state index contributed by atoms with van der Waals surface area (Å²) >= 11 is 0. The van der Waals surface area contributed by atoms with Crippen LogP contribution in [0.2, 0.25) is 0 Å². The van der Waals surface area contributed by atoms with Crippen LogP contribution in [0.4, 0.5) is 17.1 Å². The topological polar surface area (TPSA) is 3.24 Å². The smallest absolute Gasteiger partial charge is 0.0725 e. The molecule has 370 valence electrons. The van der Waals surface area contributed by atoms with E-state index >= 15 is 0 Å². The lowest BCUT2D eigenvalue weighted by molar-refractivity contribution is 0.586. The van der Waals surface area contributed by atoms with E-state index < -0.39 is 5.41 Å². The van der Waals surface area contributed by atoms with Crippen LogP contribution in [0.5, 0.6) is 0 Å². The number of nitrogens with zero attached hydrogens (tertiary/aromatic N) is 1. The normalized spacial score (nSPS) is 15.3. The van der Waals surface area contributed by atoms with Gasteiger partial charge in [0.1, 0.15) is 0 Å². The first-order valence-corrected chi connectivity index (χ1v) is 27.5. The quantitative estimate of drug-likeness (QED) is 0.166. The molecule has 0 aliphatic heterocycles. The van der Waals surface area contributed by atoms with Crippen molar-refractivity contribution in [2.24, 2.45) is 0 Å². The Morgan fingerprint density at radius 2 is 0.737 bits per heavy atom. The number of para-hydroxylation sites is 1. The lowest BCUT2D eigenvalue weighted by Crippen LogP contribution is -2.27. The SMILES string of the molecule is CC(C)(C)c1ccc2c(c1)C1(c3ccccc3-c3cc(N(c4cccc(-c5ccc6c(c5)-c5ccccc5C6(C)C)c4)c4ccccc4-c4cccc5c4-c4ccccc4C5(C)C)ccc31)c1cc(C(C)(C)C)ccc1-2. The van der Waals surface area contributed by atoms with Crippen LogP contribution < -0.4 is 4.90 Å². The van der Waals surface area contributed by atoms with Gasteiger partial charge in [-0.2, -0.15) is 0 Å². The third-order valence-corrected chi connectivity index (χ3v) is 18.2. The molecule has 1 spiro atoms. The molecule has 0 amide bonds. The van der Waals surface area contributed by atoms with Crippen molar-refractivity contribution in [2.75, 3.05) is 4.90 Å². The van der Waals surface area contributed by atoms with Gasteiger partial charge in [0.2, 0.25) is 0 Å². The Labute approximate surface area is 450 Å². The van der Waals surface area contributed by atoms with E-state index in [0.29, 0.717) is 0 Å². The van der Waals surface area contributed by atoms with E-state index in [2.05, 4.69) is 286 Å². The molecule has 0 heterocycles. The standard InChI is InChI=1S/C75H65N/c1-71(2,3)48-34-37-54-55-38-35-49(72(4,5)6)44-68(55)75(67(54)43-48)64-30-17-12-24-53(64)60-45-51(36-40-65(60)75)76(50-22-19-21-46(41-50)47-33-39-63-59(42-47)52-23-11-15-28-61(52)73(63,7)8)69-32-18-14-25-56(69)57-27-20-31-66-70(57)58-26-13-16-29-62(58)74(66,9)10/h11-45H,1-10H3. The van der Waals surface area contributed by atoms with E-state index in [4.69, 9.17) is 0 Å². The number of rotatable bonds is 5. The average molecular weight is 980 g/mol. The molecule has 0 atom stereocenters. The fraction of sp³-hybridized carbons (Fsp3) is 0.200. The Hall–Kier alpha value is -8.00. The number of hydrogen-bond acceptors (Lipinski definition) is 1. The van der Waals surface area contributed by atoms with Crippen molar-refractivity contribution in [2.45, 2.75) is 96.3 Å². The summed E-state index contributed by atoms with van der Waals surface area (Å²) < 4.78 is 0. The third kappa shape index (κ3) is 6.45. The average Bonchev–Trinajstić information content (AvgIpc) is 4.15. The predicted octanol–water partition coefficient (Wildman–Crippen LogP) is 20.0. The van der Waals surface area contributed by atoms with Gasteiger partial charge in [-0.1, -0.05) is 245 Å². The molecule has 4 aliphatic rings. The predicted molar refractivity (Wildman–Crippen MR) is 321 cm³/mol. The summed E-state index contributed by atoms with van der Waals surface area (Å²) in [6.45, 7) is 23.6. The second kappa shape index (κ2) is 16.0. The van der Waals surface area contributed by atoms with Gasteiger partial charge in [0.15, 0.2) is 0 Å². The van der Waals surface area contributed by atoms with Gasteiger partial charge in [-0.25, -0.2) is 0 Å². The molecule has 14 rings (SSSR count). The zero-order valence-corrected chi connectivity index (χ0v) is 45.7. The minimum Gasteiger partial charge on any atom is -0.310 e. The molecule has 0 unspecified atom stereocenters. The largest absolute Gasteiger partial charge is 0.310 e. The highest BCUT2D eigenvalue weighted by molar-refractivity contribution is 6.01. The van der Waals surface area contributed by atoms with E-state index in [9.17, 15) is 0 Å². The highest BCUT2D eigenvalue weighted by Gasteiger charge is 2.52. The molecule has 4 aliphatic carbocycles. The maximum atomic E-state index is 2.55. The van der Waals surface area contributed by atoms with Crippen LogP contribution in [0.1, 0.15) is 125 Å². The molecule has 1 nitrogen and oxygen atoms in total. The Bertz CT molecular complexity index is 4020. The van der Waals surface area contributed by atoms with Crippen molar-refractivity contribution >= 4 is 17.1 Å². The number of hydrogen-bond donors (Lipinski definition) is 0. The molecule has 0 fully saturated rings. The van der Waals surface area contributed by atoms with Gasteiger partial charge in [-0.15, -0.1) is 0 Å². The van der Waals surface area contributed by atoms with E-state index in [0.717, 1.165) is 17.1 Å². The fourth-order valence-corrected chi connectivity index (χ4v) is 14.3. The van der Waals surface area contributed by atoms with E-state index in [1.54, 1.807) is 0 Å². The van der Waals surface area contributed by atoms with Crippen molar-refractivity contribution in [3.63, 3.8) is 0 Å². The van der Waals surface area contributed by atoms with Crippen molar-refractivity contribution in [3.8, 4) is 66.8 Å². The van der Waals surface area contributed by atoms with E-state index in [1.807, 2.05) is 0 Å². The minimum absolute atomic E-state index is 0.0214. The molecular formula is C75H65N. The van der Waals surface area contributed by atoms with Crippen LogP contribution in [0.15, 0.2) is 212 Å². The molecule has 0 bridgehead atoms. The van der Waals surface area contributed by atoms with Crippen LogP contribution in [0.3, 0.4) is 0 Å². The third-order valence-electron chi connectivity index (χ3n) is 18.2. The molecule has 76 heavy (non-hydrogen) atoms. The van der Waals surface area contributed by atoms with Gasteiger partial charge in [0, 0.05) is 27.8 Å². The van der Waals surface area contributed by atoms with Gasteiger partial charge in [0.25, 0.3) is 0 Å². The molecule has 0 aromatic heterocycles. The maximum absolute atomic E-state index is 2.55. The molecule has 0 saturated heterocycles. The van der Waals surface area contributed by atoms with Crippen LogP contribution in [-0.2, 0) is 27.1 Å². The second-order valence-corrected chi connectivity index (χ2v) is 25.3. The lowest BCUT2D eigenvalue weighted by atomic mass is 9.69. The second-order valence-electron chi connectivity index (χ2n) is 25.3. The van der Waals surface area contributed by atoms with Crippen LogP contribution in [-0.4, -0.2) is 0 Å². The Balaban J connectivity index is 1.02. The molecule has 10 aromatic rings. The zero-order chi connectivity index (χ0) is 52.3. The zero-order valence-electron chi connectivity index (χ0n) is 45.7. The monoisotopic (exact) mass is 980 g/mol. The molecule has 1 heteroatoms.